The second-order valence-corrected chi connectivity index (χ2v) is 7.48. The van der Waals surface area contributed by atoms with Gasteiger partial charge < -0.3 is 5.32 Å². The van der Waals surface area contributed by atoms with Gasteiger partial charge >= 0.3 is 0 Å². The third kappa shape index (κ3) is 4.46. The lowest BCUT2D eigenvalue weighted by Gasteiger charge is -2.44. The van der Waals surface area contributed by atoms with Crippen LogP contribution in [-0.2, 0) is 0 Å². The van der Waals surface area contributed by atoms with E-state index in [9.17, 15) is 0 Å². The highest BCUT2D eigenvalue weighted by Crippen LogP contribution is 2.36. The third-order valence-electron chi connectivity index (χ3n) is 5.52. The van der Waals surface area contributed by atoms with Crippen molar-refractivity contribution >= 4 is 0 Å². The second kappa shape index (κ2) is 7.79. The van der Waals surface area contributed by atoms with Gasteiger partial charge in [0.25, 0.3) is 0 Å². The molecule has 0 bridgehead atoms. The molecule has 0 aromatic rings. The average Bonchev–Trinajstić information content (AvgIpc) is 3.26. The summed E-state index contributed by atoms with van der Waals surface area (Å²) >= 11 is 0. The van der Waals surface area contributed by atoms with Crippen molar-refractivity contribution in [3.8, 4) is 0 Å². The summed E-state index contributed by atoms with van der Waals surface area (Å²) in [7, 11) is 0. The van der Waals surface area contributed by atoms with Crippen LogP contribution in [0.1, 0.15) is 66.2 Å². The Balaban J connectivity index is 1.98. The van der Waals surface area contributed by atoms with Gasteiger partial charge in [0, 0.05) is 18.6 Å². The van der Waals surface area contributed by atoms with Crippen LogP contribution < -0.4 is 5.32 Å². The fourth-order valence-electron chi connectivity index (χ4n) is 3.89. The van der Waals surface area contributed by atoms with Gasteiger partial charge in [0.05, 0.1) is 0 Å². The monoisotopic (exact) mass is 280 g/mol. The van der Waals surface area contributed by atoms with Crippen molar-refractivity contribution < 1.29 is 0 Å². The van der Waals surface area contributed by atoms with Gasteiger partial charge in [0.1, 0.15) is 0 Å². The summed E-state index contributed by atoms with van der Waals surface area (Å²) in [6.45, 7) is 13.3. The summed E-state index contributed by atoms with van der Waals surface area (Å²) in [6.07, 6.45) is 8.43. The van der Waals surface area contributed by atoms with E-state index in [1.807, 2.05) is 0 Å². The molecule has 1 N–H and O–H groups in total. The first-order chi connectivity index (χ1) is 9.65. The SMILES string of the molecule is CCCNC1CCC(C(C)C)CC1N(CC)CC1CC1. The van der Waals surface area contributed by atoms with Crippen molar-refractivity contribution in [3.63, 3.8) is 0 Å². The summed E-state index contributed by atoms with van der Waals surface area (Å²) in [5.41, 5.74) is 0. The topological polar surface area (TPSA) is 15.3 Å². The molecule has 0 aromatic carbocycles. The Labute approximate surface area is 126 Å². The molecular weight excluding hydrogens is 244 g/mol. The van der Waals surface area contributed by atoms with Crippen LogP contribution in [0.4, 0.5) is 0 Å². The van der Waals surface area contributed by atoms with E-state index in [-0.39, 0.29) is 0 Å². The Morgan fingerprint density at radius 1 is 1.10 bits per heavy atom. The number of nitrogens with zero attached hydrogens (tertiary/aromatic N) is 1. The highest BCUT2D eigenvalue weighted by Gasteiger charge is 2.36. The normalized spacial score (nSPS) is 31.2. The van der Waals surface area contributed by atoms with Crippen LogP contribution in [-0.4, -0.2) is 36.6 Å². The molecule has 0 amide bonds. The lowest BCUT2D eigenvalue weighted by molar-refractivity contribution is 0.0831. The molecule has 2 rings (SSSR count). The van der Waals surface area contributed by atoms with E-state index < -0.39 is 0 Å². The predicted molar refractivity (Wildman–Crippen MR) is 88.0 cm³/mol. The van der Waals surface area contributed by atoms with E-state index in [0.717, 1.165) is 29.8 Å². The Bertz CT molecular complexity index is 273. The lowest BCUT2D eigenvalue weighted by atomic mass is 9.76. The van der Waals surface area contributed by atoms with E-state index in [1.54, 1.807) is 0 Å². The molecule has 2 nitrogen and oxygen atoms in total. The van der Waals surface area contributed by atoms with Crippen LogP contribution in [0.25, 0.3) is 0 Å². The molecule has 3 atom stereocenters. The number of hydrogen-bond donors (Lipinski definition) is 1. The standard InChI is InChI=1S/C18H36N2/c1-5-11-19-17-10-9-16(14(3)4)12-18(17)20(6-2)13-15-7-8-15/h14-19H,5-13H2,1-4H3. The molecule has 118 valence electrons. The highest BCUT2D eigenvalue weighted by molar-refractivity contribution is 4.93. The van der Waals surface area contributed by atoms with Crippen molar-refractivity contribution in [2.24, 2.45) is 17.8 Å². The highest BCUT2D eigenvalue weighted by atomic mass is 15.2. The smallest absolute Gasteiger partial charge is 0.0252 e. The van der Waals surface area contributed by atoms with Gasteiger partial charge in [-0.3, -0.25) is 4.90 Å². The first-order valence-electron chi connectivity index (χ1n) is 9.13. The third-order valence-corrected chi connectivity index (χ3v) is 5.52. The zero-order valence-corrected chi connectivity index (χ0v) is 14.2. The summed E-state index contributed by atoms with van der Waals surface area (Å²) in [4.78, 5) is 2.81. The van der Waals surface area contributed by atoms with Crippen molar-refractivity contribution in [2.45, 2.75) is 78.3 Å². The van der Waals surface area contributed by atoms with Crippen LogP contribution in [0.5, 0.6) is 0 Å². The Kier molecular flexibility index (Phi) is 6.35. The van der Waals surface area contributed by atoms with Gasteiger partial charge in [0.15, 0.2) is 0 Å². The maximum atomic E-state index is 3.85. The molecule has 3 unspecified atom stereocenters. The molecule has 2 heteroatoms. The van der Waals surface area contributed by atoms with Crippen molar-refractivity contribution in [1.29, 1.82) is 0 Å². The first-order valence-corrected chi connectivity index (χ1v) is 9.13. The van der Waals surface area contributed by atoms with E-state index in [4.69, 9.17) is 0 Å². The molecular formula is C18H36N2. The summed E-state index contributed by atoms with van der Waals surface area (Å²) < 4.78 is 0. The Morgan fingerprint density at radius 3 is 2.40 bits per heavy atom. The molecule has 2 saturated carbocycles. The minimum Gasteiger partial charge on any atom is -0.312 e. The molecule has 2 fully saturated rings. The fourth-order valence-corrected chi connectivity index (χ4v) is 3.89. The van der Waals surface area contributed by atoms with Crippen LogP contribution in [0, 0.1) is 17.8 Å². The van der Waals surface area contributed by atoms with E-state index >= 15 is 0 Å². The molecule has 0 heterocycles. The molecule has 20 heavy (non-hydrogen) atoms. The van der Waals surface area contributed by atoms with Crippen LogP contribution in [0.3, 0.4) is 0 Å². The second-order valence-electron chi connectivity index (χ2n) is 7.48. The van der Waals surface area contributed by atoms with Gasteiger partial charge in [-0.25, -0.2) is 0 Å². The fraction of sp³-hybridized carbons (Fsp3) is 1.00. The molecule has 0 aliphatic heterocycles. The quantitative estimate of drug-likeness (QED) is 0.725. The number of likely N-dealkylation sites (N-methyl/N-ethyl adjacent to an activating group) is 1. The molecule has 0 radical (unpaired) electrons. The first kappa shape index (κ1) is 16.3. The molecule has 0 aromatic heterocycles. The number of nitrogens with one attached hydrogen (secondary N) is 1. The van der Waals surface area contributed by atoms with E-state index in [0.29, 0.717) is 0 Å². The summed E-state index contributed by atoms with van der Waals surface area (Å²) in [5, 5.41) is 3.85. The minimum atomic E-state index is 0.739. The number of hydrogen-bond acceptors (Lipinski definition) is 2. The Hall–Kier alpha value is -0.0800. The minimum absolute atomic E-state index is 0.739. The average molecular weight is 280 g/mol. The Morgan fingerprint density at radius 2 is 1.85 bits per heavy atom. The maximum absolute atomic E-state index is 3.85. The molecule has 2 aliphatic rings. The summed E-state index contributed by atoms with van der Waals surface area (Å²) in [5.74, 6) is 2.80. The van der Waals surface area contributed by atoms with Crippen LogP contribution >= 0.6 is 0 Å². The van der Waals surface area contributed by atoms with Crippen molar-refractivity contribution in [2.75, 3.05) is 19.6 Å². The zero-order valence-electron chi connectivity index (χ0n) is 14.2. The van der Waals surface area contributed by atoms with Gasteiger partial charge in [-0.15, -0.1) is 0 Å². The maximum Gasteiger partial charge on any atom is 0.0252 e. The van der Waals surface area contributed by atoms with Gasteiger partial charge in [-0.05, 0) is 69.4 Å². The van der Waals surface area contributed by atoms with Crippen LogP contribution in [0.2, 0.25) is 0 Å². The molecule has 0 spiro atoms. The lowest BCUT2D eigenvalue weighted by Crippen LogP contribution is -2.54. The van der Waals surface area contributed by atoms with Gasteiger partial charge in [-0.2, -0.15) is 0 Å². The summed E-state index contributed by atoms with van der Waals surface area (Å²) in [6, 6.07) is 1.52. The van der Waals surface area contributed by atoms with E-state index in [1.165, 1.54) is 58.2 Å². The van der Waals surface area contributed by atoms with E-state index in [2.05, 4.69) is 37.9 Å². The molecule has 2 aliphatic carbocycles. The zero-order chi connectivity index (χ0) is 14.5. The van der Waals surface area contributed by atoms with Crippen LogP contribution in [0.15, 0.2) is 0 Å². The van der Waals surface area contributed by atoms with Crippen molar-refractivity contribution in [1.82, 2.24) is 10.2 Å². The van der Waals surface area contributed by atoms with Gasteiger partial charge in [0.2, 0.25) is 0 Å². The predicted octanol–water partition coefficient (Wildman–Crippen LogP) is 3.91. The van der Waals surface area contributed by atoms with Gasteiger partial charge in [-0.1, -0.05) is 27.7 Å². The molecule has 0 saturated heterocycles. The largest absolute Gasteiger partial charge is 0.312 e. The number of rotatable bonds is 8. The van der Waals surface area contributed by atoms with Crippen molar-refractivity contribution in [3.05, 3.63) is 0 Å².